The number of carbonyl (C=O) groups excluding carboxylic acids is 1. The maximum Gasteiger partial charge on any atom is 0.229 e. The van der Waals surface area contributed by atoms with Gasteiger partial charge < -0.3 is 39.7 Å². The van der Waals surface area contributed by atoms with E-state index in [1.807, 2.05) is 0 Å². The SMILES string of the molecule is CCCCCCC(=O)c1c(C)cc2cc(OC)cc(O[C@H]3O[C@H](CO)[C@@H](O)[C@H](O)[C@H]3O)c2c1O. The monoisotopic (exact) mass is 478 g/mol. The van der Waals surface area contributed by atoms with Crippen LogP contribution < -0.4 is 9.47 Å². The summed E-state index contributed by atoms with van der Waals surface area (Å²) in [4.78, 5) is 13.0. The van der Waals surface area contributed by atoms with Crippen LogP contribution in [-0.2, 0) is 4.74 Å². The van der Waals surface area contributed by atoms with Crippen LogP contribution in [0.25, 0.3) is 10.8 Å². The van der Waals surface area contributed by atoms with E-state index in [2.05, 4.69) is 6.92 Å². The molecule has 0 saturated carbocycles. The van der Waals surface area contributed by atoms with Crippen LogP contribution in [0.15, 0.2) is 18.2 Å². The van der Waals surface area contributed by atoms with Gasteiger partial charge in [-0.05, 0) is 30.4 Å². The Morgan fingerprint density at radius 1 is 1.06 bits per heavy atom. The van der Waals surface area contributed by atoms with Gasteiger partial charge in [0.15, 0.2) is 5.78 Å². The van der Waals surface area contributed by atoms with Gasteiger partial charge in [0.1, 0.15) is 41.7 Å². The average molecular weight is 479 g/mol. The number of hydrogen-bond donors (Lipinski definition) is 5. The largest absolute Gasteiger partial charge is 0.506 e. The predicted molar refractivity (Wildman–Crippen MR) is 124 cm³/mol. The molecule has 0 aromatic heterocycles. The number of aliphatic hydroxyl groups excluding tert-OH is 4. The zero-order chi connectivity index (χ0) is 25.0. The molecular weight excluding hydrogens is 444 g/mol. The Bertz CT molecular complexity index is 1000. The first-order valence-electron chi connectivity index (χ1n) is 11.6. The number of hydrogen-bond acceptors (Lipinski definition) is 9. The van der Waals surface area contributed by atoms with Gasteiger partial charge in [0, 0.05) is 12.5 Å². The second kappa shape index (κ2) is 11.3. The van der Waals surface area contributed by atoms with Crippen molar-refractivity contribution in [3.8, 4) is 17.2 Å². The van der Waals surface area contributed by atoms with Crippen LogP contribution in [0.4, 0.5) is 0 Å². The summed E-state index contributed by atoms with van der Waals surface area (Å²) in [6.07, 6.45) is -3.36. The molecule has 188 valence electrons. The summed E-state index contributed by atoms with van der Waals surface area (Å²) < 4.78 is 16.6. The van der Waals surface area contributed by atoms with Gasteiger partial charge in [-0.2, -0.15) is 0 Å². The van der Waals surface area contributed by atoms with Crippen LogP contribution in [-0.4, -0.2) is 75.7 Å². The lowest BCUT2D eigenvalue weighted by Gasteiger charge is -2.39. The first-order valence-corrected chi connectivity index (χ1v) is 11.6. The smallest absolute Gasteiger partial charge is 0.229 e. The van der Waals surface area contributed by atoms with E-state index in [-0.39, 0.29) is 28.2 Å². The number of methoxy groups -OCH3 is 1. The molecule has 5 N–H and O–H groups in total. The number of fused-ring (bicyclic) bond motifs is 1. The third kappa shape index (κ3) is 5.29. The van der Waals surface area contributed by atoms with Crippen molar-refractivity contribution >= 4 is 16.6 Å². The Kier molecular flexibility index (Phi) is 8.72. The van der Waals surface area contributed by atoms with Gasteiger partial charge in [0.05, 0.1) is 24.7 Å². The van der Waals surface area contributed by atoms with E-state index in [0.717, 1.165) is 25.7 Å². The van der Waals surface area contributed by atoms with Crippen molar-refractivity contribution in [2.24, 2.45) is 0 Å². The van der Waals surface area contributed by atoms with Gasteiger partial charge in [-0.3, -0.25) is 4.79 Å². The highest BCUT2D eigenvalue weighted by Crippen LogP contribution is 2.42. The second-order valence-electron chi connectivity index (χ2n) is 8.69. The summed E-state index contributed by atoms with van der Waals surface area (Å²) in [6.45, 7) is 3.23. The number of carbonyl (C=O) groups is 1. The minimum Gasteiger partial charge on any atom is -0.506 e. The Hall–Kier alpha value is -2.43. The fourth-order valence-corrected chi connectivity index (χ4v) is 4.29. The zero-order valence-corrected chi connectivity index (χ0v) is 19.7. The molecule has 1 fully saturated rings. The van der Waals surface area contributed by atoms with Gasteiger partial charge in [-0.25, -0.2) is 0 Å². The quantitative estimate of drug-likeness (QED) is 0.256. The van der Waals surface area contributed by atoms with Gasteiger partial charge >= 0.3 is 0 Å². The highest BCUT2D eigenvalue weighted by molar-refractivity contribution is 6.08. The third-order valence-electron chi connectivity index (χ3n) is 6.21. The molecule has 1 aliphatic rings. The lowest BCUT2D eigenvalue weighted by molar-refractivity contribution is -0.277. The van der Waals surface area contributed by atoms with Crippen molar-refractivity contribution in [2.45, 2.75) is 76.7 Å². The van der Waals surface area contributed by atoms with E-state index in [1.165, 1.54) is 13.2 Å². The minimum absolute atomic E-state index is 0.0520. The van der Waals surface area contributed by atoms with Gasteiger partial charge in [0.2, 0.25) is 6.29 Å². The number of ether oxygens (including phenoxy) is 3. The molecule has 0 unspecified atom stereocenters. The number of phenolic OH excluding ortho intramolecular Hbond substituents is 1. The minimum atomic E-state index is -1.63. The number of benzene rings is 2. The molecule has 2 aromatic carbocycles. The van der Waals surface area contributed by atoms with Crippen LogP contribution in [0, 0.1) is 6.92 Å². The summed E-state index contributed by atoms with van der Waals surface area (Å²) in [6, 6.07) is 4.89. The van der Waals surface area contributed by atoms with Crippen molar-refractivity contribution < 1.29 is 44.5 Å². The molecule has 1 saturated heterocycles. The number of aromatic hydroxyl groups is 1. The van der Waals surface area contributed by atoms with E-state index in [4.69, 9.17) is 14.2 Å². The van der Waals surface area contributed by atoms with E-state index >= 15 is 0 Å². The van der Waals surface area contributed by atoms with Crippen molar-refractivity contribution in [1.29, 1.82) is 0 Å². The van der Waals surface area contributed by atoms with Crippen molar-refractivity contribution in [2.75, 3.05) is 13.7 Å². The molecule has 3 rings (SSSR count). The van der Waals surface area contributed by atoms with E-state index in [9.17, 15) is 30.3 Å². The second-order valence-corrected chi connectivity index (χ2v) is 8.69. The van der Waals surface area contributed by atoms with Crippen LogP contribution >= 0.6 is 0 Å². The molecule has 9 nitrogen and oxygen atoms in total. The lowest BCUT2D eigenvalue weighted by atomic mass is 9.94. The van der Waals surface area contributed by atoms with Crippen LogP contribution in [0.3, 0.4) is 0 Å². The third-order valence-corrected chi connectivity index (χ3v) is 6.21. The Morgan fingerprint density at radius 2 is 1.79 bits per heavy atom. The van der Waals surface area contributed by atoms with Crippen LogP contribution in [0.5, 0.6) is 17.2 Å². The number of Topliss-reactive ketones (excluding diaryl/α,β-unsaturated/α-hetero) is 1. The number of unbranched alkanes of at least 4 members (excludes halogenated alkanes) is 3. The topological polar surface area (TPSA) is 146 Å². The zero-order valence-electron chi connectivity index (χ0n) is 19.7. The summed E-state index contributed by atoms with van der Waals surface area (Å²) in [5.74, 6) is 0.0149. The number of aryl methyl sites for hydroxylation is 1. The molecule has 1 aliphatic heterocycles. The Morgan fingerprint density at radius 3 is 2.44 bits per heavy atom. The van der Waals surface area contributed by atoms with E-state index < -0.39 is 37.3 Å². The van der Waals surface area contributed by atoms with E-state index in [1.54, 1.807) is 19.1 Å². The predicted octanol–water partition coefficient (Wildman–Crippen LogP) is 2.19. The summed E-state index contributed by atoms with van der Waals surface area (Å²) in [5.41, 5.74) is 0.811. The molecular formula is C25H34O9. The lowest BCUT2D eigenvalue weighted by Crippen LogP contribution is -2.60. The van der Waals surface area contributed by atoms with Gasteiger partial charge in [-0.1, -0.05) is 32.3 Å². The average Bonchev–Trinajstić information content (AvgIpc) is 2.81. The normalized spacial score (nSPS) is 24.9. The molecule has 5 atom stereocenters. The molecule has 0 amide bonds. The van der Waals surface area contributed by atoms with Crippen molar-refractivity contribution in [3.05, 3.63) is 29.3 Å². The Labute approximate surface area is 198 Å². The molecule has 34 heavy (non-hydrogen) atoms. The first-order chi connectivity index (χ1) is 16.2. The number of aliphatic hydroxyl groups is 4. The fraction of sp³-hybridized carbons (Fsp3) is 0.560. The summed E-state index contributed by atoms with van der Waals surface area (Å²) >= 11 is 0. The van der Waals surface area contributed by atoms with Gasteiger partial charge in [-0.15, -0.1) is 0 Å². The number of ketones is 1. The molecule has 0 aliphatic carbocycles. The van der Waals surface area contributed by atoms with Crippen LogP contribution in [0.1, 0.15) is 54.9 Å². The van der Waals surface area contributed by atoms with Crippen LogP contribution in [0.2, 0.25) is 0 Å². The van der Waals surface area contributed by atoms with E-state index in [0.29, 0.717) is 23.1 Å². The number of phenols is 1. The molecule has 9 heteroatoms. The first kappa shape index (κ1) is 26.2. The van der Waals surface area contributed by atoms with Crippen molar-refractivity contribution in [1.82, 2.24) is 0 Å². The fourth-order valence-electron chi connectivity index (χ4n) is 4.29. The van der Waals surface area contributed by atoms with Gasteiger partial charge in [0.25, 0.3) is 0 Å². The maximum atomic E-state index is 13.0. The molecule has 0 spiro atoms. The highest BCUT2D eigenvalue weighted by Gasteiger charge is 2.45. The standard InChI is InChI=1S/C25H34O9/c1-4-5-6-7-8-16(27)19-13(2)9-14-10-15(32-3)11-17(20(14)22(19)29)33-25-24(31)23(30)21(28)18(12-26)34-25/h9-11,18,21,23-26,28-31H,4-8,12H2,1-3H3/t18-,21-,23+,24-,25+/m1/s1. The molecule has 2 aromatic rings. The number of rotatable bonds is 10. The molecule has 0 bridgehead atoms. The highest BCUT2D eigenvalue weighted by atomic mass is 16.7. The molecule has 1 heterocycles. The molecule has 0 radical (unpaired) electrons. The van der Waals surface area contributed by atoms with Crippen molar-refractivity contribution in [3.63, 3.8) is 0 Å². The Balaban J connectivity index is 2.02. The summed E-state index contributed by atoms with van der Waals surface area (Å²) in [7, 11) is 1.46. The maximum absolute atomic E-state index is 13.0. The summed E-state index contributed by atoms with van der Waals surface area (Å²) in [5, 5.41) is 51.9.